The summed E-state index contributed by atoms with van der Waals surface area (Å²) in [6.45, 7) is 5.87. The molecule has 1 heterocycles. The van der Waals surface area contributed by atoms with Crippen molar-refractivity contribution in [3.05, 3.63) is 36.4 Å². The van der Waals surface area contributed by atoms with Crippen molar-refractivity contribution in [2.75, 3.05) is 18.5 Å². The van der Waals surface area contributed by atoms with Gasteiger partial charge in [-0.2, -0.15) is 0 Å². The van der Waals surface area contributed by atoms with Gasteiger partial charge in [-0.3, -0.25) is 0 Å². The summed E-state index contributed by atoms with van der Waals surface area (Å²) >= 11 is 0. The molecule has 1 aromatic heterocycles. The fourth-order valence-corrected chi connectivity index (χ4v) is 1.76. The maximum Gasteiger partial charge on any atom is 0.142 e. The highest BCUT2D eigenvalue weighted by Crippen LogP contribution is 2.29. The highest BCUT2D eigenvalue weighted by Gasteiger charge is 2.06. The monoisotopic (exact) mass is 261 g/mol. The molecule has 0 saturated heterocycles. The van der Waals surface area contributed by atoms with Crippen molar-refractivity contribution in [1.82, 2.24) is 9.97 Å². The Hall–Kier alpha value is -2.17. The van der Waals surface area contributed by atoms with Crippen molar-refractivity contribution in [3.63, 3.8) is 0 Å². The number of aromatic nitrogens is 2. The van der Waals surface area contributed by atoms with Gasteiger partial charge >= 0.3 is 0 Å². The Labute approximate surface area is 113 Å². The van der Waals surface area contributed by atoms with Crippen LogP contribution in [-0.2, 0) is 6.54 Å². The minimum Gasteiger partial charge on any atom is -0.494 e. The topological polar surface area (TPSA) is 59.2 Å². The van der Waals surface area contributed by atoms with Crippen LogP contribution in [0.5, 0.6) is 11.5 Å². The van der Waals surface area contributed by atoms with Gasteiger partial charge in [0.1, 0.15) is 11.5 Å². The van der Waals surface area contributed by atoms with E-state index >= 15 is 0 Å². The molecule has 0 bridgehead atoms. The van der Waals surface area contributed by atoms with E-state index in [-0.39, 0.29) is 0 Å². The third-order valence-electron chi connectivity index (χ3n) is 2.59. The van der Waals surface area contributed by atoms with Gasteiger partial charge in [-0.05, 0) is 26.0 Å². The first-order chi connectivity index (χ1) is 9.33. The number of nitrogens with one attached hydrogen (secondary N) is 2. The van der Waals surface area contributed by atoms with Gasteiger partial charge in [-0.15, -0.1) is 0 Å². The Bertz CT molecular complexity index is 497. The third kappa shape index (κ3) is 3.64. The molecule has 1 aromatic carbocycles. The van der Waals surface area contributed by atoms with E-state index in [1.54, 1.807) is 12.5 Å². The third-order valence-corrected chi connectivity index (χ3v) is 2.59. The van der Waals surface area contributed by atoms with Gasteiger partial charge in [-0.25, -0.2) is 4.98 Å². The average molecular weight is 261 g/mol. The Morgan fingerprint density at radius 2 is 2.05 bits per heavy atom. The summed E-state index contributed by atoms with van der Waals surface area (Å²) in [5, 5.41) is 3.32. The normalized spacial score (nSPS) is 10.2. The maximum atomic E-state index is 5.60. The highest BCUT2D eigenvalue weighted by molar-refractivity contribution is 5.59. The quantitative estimate of drug-likeness (QED) is 0.804. The molecule has 0 saturated carbocycles. The van der Waals surface area contributed by atoms with E-state index in [0.29, 0.717) is 19.8 Å². The molecule has 0 fully saturated rings. The van der Waals surface area contributed by atoms with E-state index in [9.17, 15) is 0 Å². The first-order valence-corrected chi connectivity index (χ1v) is 6.44. The average Bonchev–Trinajstić information content (AvgIpc) is 2.92. The van der Waals surface area contributed by atoms with Crippen LogP contribution in [0.2, 0.25) is 0 Å². The second kappa shape index (κ2) is 6.68. The molecule has 0 spiro atoms. The molecule has 2 N–H and O–H groups in total. The van der Waals surface area contributed by atoms with Gasteiger partial charge in [0, 0.05) is 12.3 Å². The fraction of sp³-hybridized carbons (Fsp3) is 0.357. The lowest BCUT2D eigenvalue weighted by Gasteiger charge is -2.13. The second-order valence-corrected chi connectivity index (χ2v) is 3.95. The number of H-pyrrole nitrogens is 1. The van der Waals surface area contributed by atoms with Crippen molar-refractivity contribution >= 4 is 5.69 Å². The molecule has 19 heavy (non-hydrogen) atoms. The van der Waals surface area contributed by atoms with Crippen LogP contribution in [0.25, 0.3) is 0 Å². The zero-order valence-electron chi connectivity index (χ0n) is 11.3. The zero-order chi connectivity index (χ0) is 13.5. The number of hydrogen-bond acceptors (Lipinski definition) is 4. The molecule has 0 atom stereocenters. The van der Waals surface area contributed by atoms with E-state index in [0.717, 1.165) is 22.9 Å². The molecular weight excluding hydrogens is 242 g/mol. The Morgan fingerprint density at radius 3 is 2.74 bits per heavy atom. The first-order valence-electron chi connectivity index (χ1n) is 6.44. The molecule has 0 unspecified atom stereocenters. The van der Waals surface area contributed by atoms with Gasteiger partial charge in [0.2, 0.25) is 0 Å². The fourth-order valence-electron chi connectivity index (χ4n) is 1.76. The number of aromatic amines is 1. The lowest BCUT2D eigenvalue weighted by Crippen LogP contribution is -2.03. The predicted molar refractivity (Wildman–Crippen MR) is 74.7 cm³/mol. The Morgan fingerprint density at radius 1 is 1.21 bits per heavy atom. The van der Waals surface area contributed by atoms with Crippen LogP contribution in [-0.4, -0.2) is 23.2 Å². The van der Waals surface area contributed by atoms with E-state index < -0.39 is 0 Å². The predicted octanol–water partition coefficient (Wildman–Crippen LogP) is 2.82. The summed E-state index contributed by atoms with van der Waals surface area (Å²) in [7, 11) is 0. The van der Waals surface area contributed by atoms with Crippen LogP contribution in [0.15, 0.2) is 30.7 Å². The summed E-state index contributed by atoms with van der Waals surface area (Å²) in [5.74, 6) is 1.66. The van der Waals surface area contributed by atoms with Gasteiger partial charge in [0.05, 0.1) is 37.5 Å². The van der Waals surface area contributed by atoms with Crippen LogP contribution in [0.1, 0.15) is 19.5 Å². The Balaban J connectivity index is 2.11. The molecule has 0 aliphatic heterocycles. The second-order valence-electron chi connectivity index (χ2n) is 3.95. The van der Waals surface area contributed by atoms with E-state index in [4.69, 9.17) is 9.47 Å². The largest absolute Gasteiger partial charge is 0.494 e. The number of imidazole rings is 1. The molecule has 2 aromatic rings. The molecule has 0 amide bonds. The van der Waals surface area contributed by atoms with Crippen LogP contribution < -0.4 is 14.8 Å². The van der Waals surface area contributed by atoms with Crippen LogP contribution >= 0.6 is 0 Å². The van der Waals surface area contributed by atoms with Crippen molar-refractivity contribution in [2.45, 2.75) is 20.4 Å². The van der Waals surface area contributed by atoms with Crippen molar-refractivity contribution < 1.29 is 9.47 Å². The molecule has 0 radical (unpaired) electrons. The standard InChI is InChI=1S/C14H19N3O2/c1-3-18-12-5-6-14(19-4-2)13(7-12)16-9-11-8-15-10-17-11/h5-8,10,16H,3-4,9H2,1-2H3,(H,15,17). The number of hydrogen-bond donors (Lipinski definition) is 2. The SMILES string of the molecule is CCOc1ccc(OCC)c(NCc2cnc[nH]2)c1. The summed E-state index contributed by atoms with van der Waals surface area (Å²) < 4.78 is 11.1. The minimum absolute atomic E-state index is 0.632. The van der Waals surface area contributed by atoms with Gasteiger partial charge in [-0.1, -0.05) is 0 Å². The molecule has 5 heteroatoms. The van der Waals surface area contributed by atoms with Gasteiger partial charge in [0.15, 0.2) is 0 Å². The summed E-state index contributed by atoms with van der Waals surface area (Å²) in [5.41, 5.74) is 1.94. The first kappa shape index (κ1) is 13.3. The highest BCUT2D eigenvalue weighted by atomic mass is 16.5. The van der Waals surface area contributed by atoms with Gasteiger partial charge in [0.25, 0.3) is 0 Å². The molecule has 5 nitrogen and oxygen atoms in total. The summed E-state index contributed by atoms with van der Waals surface area (Å²) in [6.07, 6.45) is 3.46. The molecule has 0 aliphatic carbocycles. The van der Waals surface area contributed by atoms with Crippen LogP contribution in [0.4, 0.5) is 5.69 Å². The number of anilines is 1. The minimum atomic E-state index is 0.632. The van der Waals surface area contributed by atoms with Crippen molar-refractivity contribution in [3.8, 4) is 11.5 Å². The van der Waals surface area contributed by atoms with Gasteiger partial charge < -0.3 is 19.8 Å². The lowest BCUT2D eigenvalue weighted by molar-refractivity contribution is 0.332. The smallest absolute Gasteiger partial charge is 0.142 e. The van der Waals surface area contributed by atoms with E-state index in [1.807, 2.05) is 32.0 Å². The zero-order valence-corrected chi connectivity index (χ0v) is 11.3. The summed E-state index contributed by atoms with van der Waals surface area (Å²) in [4.78, 5) is 7.04. The van der Waals surface area contributed by atoms with E-state index in [2.05, 4.69) is 15.3 Å². The molecule has 0 aliphatic rings. The lowest BCUT2D eigenvalue weighted by atomic mass is 10.2. The maximum absolute atomic E-state index is 5.60. The molecule has 102 valence electrons. The Kier molecular flexibility index (Phi) is 4.66. The number of rotatable bonds is 7. The number of ether oxygens (including phenoxy) is 2. The van der Waals surface area contributed by atoms with Crippen molar-refractivity contribution in [1.29, 1.82) is 0 Å². The van der Waals surface area contributed by atoms with Crippen molar-refractivity contribution in [2.24, 2.45) is 0 Å². The van der Waals surface area contributed by atoms with Crippen LogP contribution in [0.3, 0.4) is 0 Å². The number of nitrogens with zero attached hydrogens (tertiary/aromatic N) is 1. The molecule has 2 rings (SSSR count). The van der Waals surface area contributed by atoms with E-state index in [1.165, 1.54) is 0 Å². The van der Waals surface area contributed by atoms with Crippen LogP contribution in [0, 0.1) is 0 Å². The summed E-state index contributed by atoms with van der Waals surface area (Å²) in [6, 6.07) is 5.78. The number of benzene rings is 1. The molecular formula is C14H19N3O2.